The van der Waals surface area contributed by atoms with E-state index in [4.69, 9.17) is 0 Å². The van der Waals surface area contributed by atoms with Crippen LogP contribution in [-0.2, 0) is 7.05 Å². The van der Waals surface area contributed by atoms with Gasteiger partial charge in [0.25, 0.3) is 11.6 Å². The van der Waals surface area contributed by atoms with Crippen molar-refractivity contribution in [2.45, 2.75) is 6.92 Å². The molecule has 2 aromatic heterocycles. The number of nitrogens with one attached hydrogen (secondary N) is 2. The minimum atomic E-state index is -0.600. The molecule has 2 N–H and O–H groups in total. The first kappa shape index (κ1) is 14.4. The fourth-order valence-corrected chi connectivity index (χ4v) is 1.84. The molecule has 0 aliphatic rings. The van der Waals surface area contributed by atoms with Gasteiger partial charge in [-0.1, -0.05) is 0 Å². The highest BCUT2D eigenvalue weighted by atomic mass is 16.6. The molecular weight excluding hydrogens is 276 g/mol. The molecule has 0 bridgehead atoms. The second-order valence-electron chi connectivity index (χ2n) is 4.35. The molecule has 0 aliphatic carbocycles. The molecule has 1 amide bonds. The number of nitro groups is 1. The van der Waals surface area contributed by atoms with Crippen LogP contribution in [0, 0.1) is 17.0 Å². The van der Waals surface area contributed by atoms with E-state index in [1.54, 1.807) is 27.1 Å². The Morgan fingerprint density at radius 1 is 1.43 bits per heavy atom. The molecule has 0 atom stereocenters. The second kappa shape index (κ2) is 5.57. The van der Waals surface area contributed by atoms with Gasteiger partial charge in [-0.3, -0.25) is 19.6 Å². The molecule has 2 heterocycles. The van der Waals surface area contributed by atoms with Gasteiger partial charge in [-0.05, 0) is 6.92 Å². The van der Waals surface area contributed by atoms with Crippen molar-refractivity contribution in [3.05, 3.63) is 39.7 Å². The number of nitrogens with zero attached hydrogens (tertiary/aromatic N) is 4. The lowest BCUT2D eigenvalue weighted by Gasteiger charge is -2.08. The summed E-state index contributed by atoms with van der Waals surface area (Å²) in [6.45, 7) is 1.80. The van der Waals surface area contributed by atoms with Crippen LogP contribution in [0.25, 0.3) is 0 Å². The smallest absolute Gasteiger partial charge is 0.288 e. The summed E-state index contributed by atoms with van der Waals surface area (Å²) in [4.78, 5) is 26.3. The predicted octanol–water partition coefficient (Wildman–Crippen LogP) is 1.33. The molecule has 0 saturated carbocycles. The zero-order valence-corrected chi connectivity index (χ0v) is 11.7. The van der Waals surface area contributed by atoms with Gasteiger partial charge in [0.1, 0.15) is 17.8 Å². The number of carbonyl (C=O) groups excluding carboxylic acids is 1. The Hall–Kier alpha value is -2.97. The van der Waals surface area contributed by atoms with E-state index in [0.29, 0.717) is 5.82 Å². The van der Waals surface area contributed by atoms with Gasteiger partial charge in [0.15, 0.2) is 0 Å². The summed E-state index contributed by atoms with van der Waals surface area (Å²) in [7, 11) is 3.27. The fraction of sp³-hybridized carbons (Fsp3) is 0.250. The Morgan fingerprint density at radius 3 is 2.67 bits per heavy atom. The maximum atomic E-state index is 12.3. The number of hydrogen-bond donors (Lipinski definition) is 2. The highest BCUT2D eigenvalue weighted by molar-refractivity contribution is 6.07. The van der Waals surface area contributed by atoms with Crippen LogP contribution < -0.4 is 10.6 Å². The number of aromatic nitrogens is 3. The number of amides is 1. The number of anilines is 2. The van der Waals surface area contributed by atoms with Crippen molar-refractivity contribution >= 4 is 23.2 Å². The normalized spacial score (nSPS) is 10.2. The highest BCUT2D eigenvalue weighted by Gasteiger charge is 2.18. The van der Waals surface area contributed by atoms with Gasteiger partial charge >= 0.3 is 0 Å². The summed E-state index contributed by atoms with van der Waals surface area (Å²) >= 11 is 0. The third-order valence-corrected chi connectivity index (χ3v) is 2.81. The molecular formula is C12H14N6O3. The maximum Gasteiger partial charge on any atom is 0.288 e. The van der Waals surface area contributed by atoms with Gasteiger partial charge < -0.3 is 10.6 Å². The second-order valence-corrected chi connectivity index (χ2v) is 4.35. The van der Waals surface area contributed by atoms with E-state index >= 15 is 0 Å². The van der Waals surface area contributed by atoms with Crippen molar-refractivity contribution in [3.8, 4) is 0 Å². The number of hydrogen-bond acceptors (Lipinski definition) is 6. The van der Waals surface area contributed by atoms with Crippen molar-refractivity contribution < 1.29 is 9.72 Å². The van der Waals surface area contributed by atoms with Gasteiger partial charge in [0, 0.05) is 26.2 Å². The van der Waals surface area contributed by atoms with Crippen molar-refractivity contribution in [2.24, 2.45) is 7.05 Å². The quantitative estimate of drug-likeness (QED) is 0.648. The number of rotatable bonds is 4. The van der Waals surface area contributed by atoms with Crippen molar-refractivity contribution in [2.75, 3.05) is 17.7 Å². The summed E-state index contributed by atoms with van der Waals surface area (Å²) in [6, 6.07) is 2.87. The molecule has 0 unspecified atom stereocenters. The average Bonchev–Trinajstić information content (AvgIpc) is 2.75. The molecule has 9 nitrogen and oxygen atoms in total. The molecule has 0 fully saturated rings. The first-order valence-electron chi connectivity index (χ1n) is 6.06. The number of carbonyl (C=O) groups is 1. The average molecular weight is 290 g/mol. The van der Waals surface area contributed by atoms with Crippen molar-refractivity contribution in [1.29, 1.82) is 0 Å². The van der Waals surface area contributed by atoms with Gasteiger partial charge in [0.2, 0.25) is 0 Å². The van der Waals surface area contributed by atoms with E-state index in [9.17, 15) is 14.9 Å². The van der Waals surface area contributed by atoms with E-state index in [0.717, 1.165) is 11.9 Å². The summed E-state index contributed by atoms with van der Waals surface area (Å²) in [5, 5.41) is 20.3. The molecule has 0 aliphatic heterocycles. The molecule has 0 saturated heterocycles. The van der Waals surface area contributed by atoms with Crippen LogP contribution in [-0.4, -0.2) is 32.6 Å². The van der Waals surface area contributed by atoms with Crippen LogP contribution in [0.5, 0.6) is 0 Å². The fourth-order valence-electron chi connectivity index (χ4n) is 1.84. The van der Waals surface area contributed by atoms with Crippen LogP contribution in [0.15, 0.2) is 18.3 Å². The van der Waals surface area contributed by atoms with Gasteiger partial charge in [-0.2, -0.15) is 5.10 Å². The lowest BCUT2D eigenvalue weighted by molar-refractivity contribution is -0.385. The molecule has 0 aromatic carbocycles. The van der Waals surface area contributed by atoms with E-state index in [2.05, 4.69) is 20.7 Å². The van der Waals surface area contributed by atoms with Crippen molar-refractivity contribution in [1.82, 2.24) is 14.8 Å². The minimum Gasteiger partial charge on any atom is -0.372 e. The predicted molar refractivity (Wildman–Crippen MR) is 76.3 cm³/mol. The van der Waals surface area contributed by atoms with Crippen molar-refractivity contribution in [3.63, 3.8) is 0 Å². The van der Waals surface area contributed by atoms with Crippen LogP contribution in [0.4, 0.5) is 17.3 Å². The third kappa shape index (κ3) is 2.96. The van der Waals surface area contributed by atoms with Crippen LogP contribution in [0.2, 0.25) is 0 Å². The summed E-state index contributed by atoms with van der Waals surface area (Å²) in [5.41, 5.74) is 0.588. The summed E-state index contributed by atoms with van der Waals surface area (Å²) in [6.07, 6.45) is 1.09. The Kier molecular flexibility index (Phi) is 3.83. The molecule has 21 heavy (non-hydrogen) atoms. The van der Waals surface area contributed by atoms with E-state index < -0.39 is 10.8 Å². The molecule has 0 radical (unpaired) electrons. The van der Waals surface area contributed by atoms with Gasteiger partial charge in [-0.25, -0.2) is 4.98 Å². The van der Waals surface area contributed by atoms with Crippen LogP contribution in [0.3, 0.4) is 0 Å². The Balaban J connectivity index is 2.35. The standard InChI is InChI=1S/C12H14N6O3/c1-7-4-10(17(3)16-7)15-12(19)9-5-8(18(20)21)6-14-11(9)13-2/h4-6H,1-3H3,(H,13,14)(H,15,19). The largest absolute Gasteiger partial charge is 0.372 e. The van der Waals surface area contributed by atoms with E-state index in [-0.39, 0.29) is 17.1 Å². The Labute approximate surface area is 120 Å². The SMILES string of the molecule is CNc1ncc([N+](=O)[O-])cc1C(=O)Nc1cc(C)nn1C. The Morgan fingerprint density at radius 2 is 2.14 bits per heavy atom. The van der Waals surface area contributed by atoms with E-state index in [1.165, 1.54) is 10.7 Å². The molecule has 0 spiro atoms. The summed E-state index contributed by atoms with van der Waals surface area (Å²) < 4.78 is 1.51. The number of aryl methyl sites for hydroxylation is 2. The molecule has 110 valence electrons. The lowest BCUT2D eigenvalue weighted by Crippen LogP contribution is -2.17. The third-order valence-electron chi connectivity index (χ3n) is 2.81. The van der Waals surface area contributed by atoms with Gasteiger partial charge in [0.05, 0.1) is 16.2 Å². The highest BCUT2D eigenvalue weighted by Crippen LogP contribution is 2.20. The topological polar surface area (TPSA) is 115 Å². The van der Waals surface area contributed by atoms with E-state index in [1.807, 2.05) is 0 Å². The maximum absolute atomic E-state index is 12.3. The van der Waals surface area contributed by atoms with Gasteiger partial charge in [-0.15, -0.1) is 0 Å². The first-order valence-corrected chi connectivity index (χ1v) is 6.06. The minimum absolute atomic E-state index is 0.0885. The molecule has 2 rings (SSSR count). The van der Waals surface area contributed by atoms with Crippen LogP contribution >= 0.6 is 0 Å². The zero-order valence-electron chi connectivity index (χ0n) is 11.7. The first-order chi connectivity index (χ1) is 9.92. The molecule has 2 aromatic rings. The zero-order chi connectivity index (χ0) is 15.6. The monoisotopic (exact) mass is 290 g/mol. The lowest BCUT2D eigenvalue weighted by atomic mass is 10.2. The molecule has 9 heteroatoms. The Bertz CT molecular complexity index is 709. The summed E-state index contributed by atoms with van der Waals surface area (Å²) in [5.74, 6) is 0.251. The van der Waals surface area contributed by atoms with Crippen LogP contribution in [0.1, 0.15) is 16.1 Å². The number of pyridine rings is 1.